The highest BCUT2D eigenvalue weighted by Gasteiger charge is 2.25. The summed E-state index contributed by atoms with van der Waals surface area (Å²) in [7, 11) is 4.60. The molecule has 0 atom stereocenters. The quantitative estimate of drug-likeness (QED) is 0.380. The van der Waals surface area contributed by atoms with E-state index >= 15 is 0 Å². The number of ether oxygens (including phenoxy) is 4. The number of pyridine rings is 1. The van der Waals surface area contributed by atoms with E-state index in [1.807, 2.05) is 13.8 Å². The summed E-state index contributed by atoms with van der Waals surface area (Å²) in [4.78, 5) is 17.3. The monoisotopic (exact) mass is 478 g/mol. The Bertz CT molecular complexity index is 1370. The predicted octanol–water partition coefficient (Wildman–Crippen LogP) is 4.05. The van der Waals surface area contributed by atoms with Gasteiger partial charge in [-0.2, -0.15) is 0 Å². The van der Waals surface area contributed by atoms with Gasteiger partial charge in [-0.3, -0.25) is 0 Å². The summed E-state index contributed by atoms with van der Waals surface area (Å²) in [6, 6.07) is 8.80. The van der Waals surface area contributed by atoms with Crippen LogP contribution in [0.4, 0.5) is 0 Å². The van der Waals surface area contributed by atoms with E-state index < -0.39 is 5.97 Å². The molecule has 4 rings (SSSR count). The fourth-order valence-corrected chi connectivity index (χ4v) is 3.94. The Labute approximate surface area is 202 Å². The van der Waals surface area contributed by atoms with E-state index in [0.29, 0.717) is 50.7 Å². The molecular formula is C25H26N4O6. The molecule has 182 valence electrons. The van der Waals surface area contributed by atoms with Gasteiger partial charge in [0.15, 0.2) is 23.0 Å². The first kappa shape index (κ1) is 23.8. The average molecular weight is 479 g/mol. The predicted molar refractivity (Wildman–Crippen MR) is 129 cm³/mol. The second-order valence-corrected chi connectivity index (χ2v) is 8.00. The lowest BCUT2D eigenvalue weighted by Gasteiger charge is -2.19. The number of rotatable bonds is 9. The molecule has 0 aliphatic heterocycles. The summed E-state index contributed by atoms with van der Waals surface area (Å²) in [5, 5.41) is 18.5. The number of carboxylic acid groups (broad SMARTS) is 1. The first-order valence-corrected chi connectivity index (χ1v) is 10.9. The lowest BCUT2D eigenvalue weighted by Crippen LogP contribution is -2.12. The van der Waals surface area contributed by atoms with Gasteiger partial charge in [0.25, 0.3) is 0 Å². The van der Waals surface area contributed by atoms with Gasteiger partial charge in [-0.05, 0) is 37.6 Å². The van der Waals surface area contributed by atoms with Gasteiger partial charge in [0.2, 0.25) is 0 Å². The molecule has 10 nitrogen and oxygen atoms in total. The van der Waals surface area contributed by atoms with Gasteiger partial charge in [-0.15, -0.1) is 10.2 Å². The first-order valence-electron chi connectivity index (χ1n) is 10.9. The molecule has 0 fully saturated rings. The maximum absolute atomic E-state index is 12.6. The van der Waals surface area contributed by atoms with Crippen LogP contribution in [0.15, 0.2) is 43.0 Å². The number of benzene rings is 2. The fourth-order valence-electron chi connectivity index (χ4n) is 3.94. The third-order valence-electron chi connectivity index (χ3n) is 5.39. The molecule has 0 aliphatic rings. The second kappa shape index (κ2) is 9.88. The number of nitrogens with zero attached hydrogens (tertiary/aromatic N) is 4. The molecule has 35 heavy (non-hydrogen) atoms. The van der Waals surface area contributed by atoms with Gasteiger partial charge in [-0.1, -0.05) is 6.07 Å². The molecule has 10 heteroatoms. The Kier molecular flexibility index (Phi) is 6.72. The molecule has 0 spiro atoms. The topological polar surface area (TPSA) is 118 Å². The third-order valence-corrected chi connectivity index (χ3v) is 5.39. The summed E-state index contributed by atoms with van der Waals surface area (Å²) in [6.45, 7) is 4.00. The Balaban J connectivity index is 2.06. The summed E-state index contributed by atoms with van der Waals surface area (Å²) in [6.07, 6.45) is 2.96. The lowest BCUT2D eigenvalue weighted by atomic mass is 9.93. The van der Waals surface area contributed by atoms with Crippen LogP contribution in [-0.2, 0) is 6.54 Å². The van der Waals surface area contributed by atoms with Crippen molar-refractivity contribution in [2.75, 3.05) is 21.3 Å². The number of methoxy groups -OCH3 is 3. The van der Waals surface area contributed by atoms with Crippen LogP contribution in [0.1, 0.15) is 29.9 Å². The van der Waals surface area contributed by atoms with Crippen LogP contribution in [0.25, 0.3) is 22.0 Å². The molecule has 1 N–H and O–H groups in total. The standard InChI is InChI=1S/C25H26N4O6/c1-14(2)35-19-7-6-15(8-20(19)32-3)23-16-9-21(33-4)22(34-5)10-17(16)28-18(24(23)25(30)31)11-29-12-26-27-13-29/h6-10,12-14H,11H2,1-5H3,(H,30,31). The molecule has 2 aromatic heterocycles. The molecule has 0 radical (unpaired) electrons. The van der Waals surface area contributed by atoms with Gasteiger partial charge in [0.05, 0.1) is 50.8 Å². The zero-order chi connectivity index (χ0) is 25.1. The van der Waals surface area contributed by atoms with Crippen LogP contribution in [-0.4, -0.2) is 58.3 Å². The van der Waals surface area contributed by atoms with Crippen molar-refractivity contribution in [3.63, 3.8) is 0 Å². The van der Waals surface area contributed by atoms with Gasteiger partial charge in [0, 0.05) is 17.0 Å². The maximum atomic E-state index is 12.6. The molecule has 0 unspecified atom stereocenters. The van der Waals surface area contributed by atoms with Gasteiger partial charge >= 0.3 is 5.97 Å². The zero-order valence-corrected chi connectivity index (χ0v) is 20.1. The van der Waals surface area contributed by atoms with E-state index in [4.69, 9.17) is 23.9 Å². The second-order valence-electron chi connectivity index (χ2n) is 8.00. The van der Waals surface area contributed by atoms with Gasteiger partial charge < -0.3 is 28.6 Å². The number of fused-ring (bicyclic) bond motifs is 1. The van der Waals surface area contributed by atoms with Crippen LogP contribution in [0.3, 0.4) is 0 Å². The van der Waals surface area contributed by atoms with E-state index in [1.165, 1.54) is 26.9 Å². The van der Waals surface area contributed by atoms with Crippen molar-refractivity contribution in [3.8, 4) is 34.1 Å². The number of hydrogen-bond donors (Lipinski definition) is 1. The largest absolute Gasteiger partial charge is 0.493 e. The van der Waals surface area contributed by atoms with Gasteiger partial charge in [-0.25, -0.2) is 9.78 Å². The van der Waals surface area contributed by atoms with E-state index in [2.05, 4.69) is 10.2 Å². The van der Waals surface area contributed by atoms with Crippen LogP contribution in [0, 0.1) is 0 Å². The van der Waals surface area contributed by atoms with Crippen molar-refractivity contribution in [3.05, 3.63) is 54.2 Å². The van der Waals surface area contributed by atoms with Gasteiger partial charge in [0.1, 0.15) is 12.7 Å². The number of carbonyl (C=O) groups is 1. The molecule has 0 bridgehead atoms. The molecule has 2 aromatic carbocycles. The molecule has 0 amide bonds. The van der Waals surface area contributed by atoms with E-state index in [0.717, 1.165) is 0 Å². The highest BCUT2D eigenvalue weighted by atomic mass is 16.5. The normalized spacial score (nSPS) is 11.0. The lowest BCUT2D eigenvalue weighted by molar-refractivity contribution is 0.0696. The van der Waals surface area contributed by atoms with Crippen LogP contribution in [0.2, 0.25) is 0 Å². The minimum absolute atomic E-state index is 0.0537. The highest BCUT2D eigenvalue weighted by Crippen LogP contribution is 2.41. The molecular weight excluding hydrogens is 452 g/mol. The van der Waals surface area contributed by atoms with Crippen LogP contribution < -0.4 is 18.9 Å². The maximum Gasteiger partial charge on any atom is 0.338 e. The summed E-state index contributed by atoms with van der Waals surface area (Å²) in [5.74, 6) is 0.866. The molecule has 4 aromatic rings. The molecule has 0 aliphatic carbocycles. The van der Waals surface area contributed by atoms with Crippen molar-refractivity contribution in [2.24, 2.45) is 0 Å². The van der Waals surface area contributed by atoms with Crippen molar-refractivity contribution in [1.29, 1.82) is 0 Å². The van der Waals surface area contributed by atoms with Crippen molar-refractivity contribution >= 4 is 16.9 Å². The molecule has 0 saturated carbocycles. The highest BCUT2D eigenvalue weighted by molar-refractivity contribution is 6.08. The number of carboxylic acids is 1. The zero-order valence-electron chi connectivity index (χ0n) is 20.1. The number of aromatic carboxylic acids is 1. The SMILES string of the molecule is COc1cc2nc(Cn3cnnc3)c(C(=O)O)c(-c3ccc(OC(C)C)c(OC)c3)c2cc1OC. The van der Waals surface area contributed by atoms with Crippen molar-refractivity contribution in [1.82, 2.24) is 19.7 Å². The fraction of sp³-hybridized carbons (Fsp3) is 0.280. The van der Waals surface area contributed by atoms with Crippen molar-refractivity contribution < 1.29 is 28.8 Å². The number of hydrogen-bond acceptors (Lipinski definition) is 8. The van der Waals surface area contributed by atoms with E-state index in [-0.39, 0.29) is 18.2 Å². The summed E-state index contributed by atoms with van der Waals surface area (Å²) < 4.78 is 24.0. The smallest absolute Gasteiger partial charge is 0.338 e. The third kappa shape index (κ3) is 4.68. The Morgan fingerprint density at radius 3 is 2.17 bits per heavy atom. The Morgan fingerprint density at radius 2 is 1.57 bits per heavy atom. The summed E-state index contributed by atoms with van der Waals surface area (Å²) in [5.41, 5.74) is 2.04. The average Bonchev–Trinajstić information content (AvgIpc) is 3.35. The van der Waals surface area contributed by atoms with E-state index in [1.54, 1.807) is 42.0 Å². The van der Waals surface area contributed by atoms with Crippen LogP contribution in [0.5, 0.6) is 23.0 Å². The Hall–Kier alpha value is -4.34. The molecule has 0 saturated heterocycles. The van der Waals surface area contributed by atoms with Crippen LogP contribution >= 0.6 is 0 Å². The van der Waals surface area contributed by atoms with Crippen molar-refractivity contribution in [2.45, 2.75) is 26.5 Å². The minimum atomic E-state index is -1.12. The van der Waals surface area contributed by atoms with E-state index in [9.17, 15) is 9.90 Å². The number of aromatic nitrogens is 4. The summed E-state index contributed by atoms with van der Waals surface area (Å²) >= 11 is 0. The molecule has 2 heterocycles. The minimum Gasteiger partial charge on any atom is -0.493 e. The first-order chi connectivity index (χ1) is 16.9. The Morgan fingerprint density at radius 1 is 0.943 bits per heavy atom.